The van der Waals surface area contributed by atoms with Gasteiger partial charge in [0.05, 0.1) is 12.3 Å². The van der Waals surface area contributed by atoms with Gasteiger partial charge in [-0.1, -0.05) is 6.92 Å². The first kappa shape index (κ1) is 23.9. The third-order valence-electron chi connectivity index (χ3n) is 4.08. The van der Waals surface area contributed by atoms with E-state index in [-0.39, 0.29) is 35.8 Å². The molecule has 144 valence electrons. The van der Waals surface area contributed by atoms with E-state index in [2.05, 4.69) is 27.4 Å². The number of guanidine groups is 1. The zero-order valence-corrected chi connectivity index (χ0v) is 18.7. The summed E-state index contributed by atoms with van der Waals surface area (Å²) in [4.78, 5) is 7.10. The van der Waals surface area contributed by atoms with Gasteiger partial charge in [0.15, 0.2) is 5.96 Å². The second kappa shape index (κ2) is 12.3. The number of nitrogens with zero attached hydrogens (tertiary/aromatic N) is 2. The Morgan fingerprint density at radius 3 is 2.71 bits per heavy atom. The summed E-state index contributed by atoms with van der Waals surface area (Å²) in [5.74, 6) is 1.76. The lowest BCUT2D eigenvalue weighted by Gasteiger charge is -2.30. The van der Waals surface area contributed by atoms with Crippen molar-refractivity contribution in [2.24, 2.45) is 10.9 Å². The average Bonchev–Trinajstić information content (AvgIpc) is 2.45. The van der Waals surface area contributed by atoms with Crippen LogP contribution in [-0.4, -0.2) is 70.1 Å². The Kier molecular flexibility index (Phi) is 12.2. The molecule has 1 heterocycles. The molecule has 0 aromatic heterocycles. The van der Waals surface area contributed by atoms with E-state index in [1.54, 1.807) is 0 Å². The smallest absolute Gasteiger partial charge is 0.191 e. The molecule has 2 unspecified atom stereocenters. The fourth-order valence-electron chi connectivity index (χ4n) is 2.81. The van der Waals surface area contributed by atoms with Crippen molar-refractivity contribution in [3.63, 3.8) is 0 Å². The molecular formula is C16H35IN4O2S. The van der Waals surface area contributed by atoms with Crippen molar-refractivity contribution in [2.75, 3.05) is 44.7 Å². The molecule has 0 amide bonds. The average molecular weight is 474 g/mol. The van der Waals surface area contributed by atoms with Crippen LogP contribution in [0.2, 0.25) is 0 Å². The molecule has 8 heteroatoms. The first-order chi connectivity index (χ1) is 10.8. The molecule has 6 nitrogen and oxygen atoms in total. The SMILES string of the molecule is CCNC(=NCCN1CCCC(C)C1)NC(C)CCS(C)(=O)=O.I. The zero-order valence-electron chi connectivity index (χ0n) is 15.5. The van der Waals surface area contributed by atoms with E-state index in [4.69, 9.17) is 0 Å². The fourth-order valence-corrected chi connectivity index (χ4v) is 3.59. The van der Waals surface area contributed by atoms with Gasteiger partial charge in [0.1, 0.15) is 9.84 Å². The van der Waals surface area contributed by atoms with E-state index in [0.29, 0.717) is 6.42 Å². The van der Waals surface area contributed by atoms with Crippen LogP contribution in [0.5, 0.6) is 0 Å². The highest BCUT2D eigenvalue weighted by atomic mass is 127. The number of piperidine rings is 1. The van der Waals surface area contributed by atoms with Gasteiger partial charge in [-0.2, -0.15) is 0 Å². The summed E-state index contributed by atoms with van der Waals surface area (Å²) in [7, 11) is -2.91. The molecule has 1 aliphatic heterocycles. The molecule has 1 aliphatic rings. The Morgan fingerprint density at radius 2 is 2.12 bits per heavy atom. The van der Waals surface area contributed by atoms with Crippen molar-refractivity contribution in [2.45, 2.75) is 46.1 Å². The summed E-state index contributed by atoms with van der Waals surface area (Å²) in [5, 5.41) is 6.52. The van der Waals surface area contributed by atoms with Gasteiger partial charge in [0.2, 0.25) is 0 Å². The van der Waals surface area contributed by atoms with Crippen molar-refractivity contribution in [1.29, 1.82) is 0 Å². The van der Waals surface area contributed by atoms with E-state index in [1.807, 2.05) is 13.8 Å². The minimum Gasteiger partial charge on any atom is -0.357 e. The first-order valence-corrected chi connectivity index (χ1v) is 10.8. The van der Waals surface area contributed by atoms with Crippen molar-refractivity contribution >= 4 is 39.8 Å². The monoisotopic (exact) mass is 474 g/mol. The van der Waals surface area contributed by atoms with Gasteiger partial charge in [-0.05, 0) is 45.6 Å². The summed E-state index contributed by atoms with van der Waals surface area (Å²) >= 11 is 0. The normalized spacial score (nSPS) is 21.0. The van der Waals surface area contributed by atoms with Crippen LogP contribution in [-0.2, 0) is 9.84 Å². The number of aliphatic imine (C=N–C) groups is 1. The summed E-state index contributed by atoms with van der Waals surface area (Å²) in [6, 6.07) is 0.0810. The minimum atomic E-state index is -2.91. The lowest BCUT2D eigenvalue weighted by molar-refractivity contribution is 0.189. The van der Waals surface area contributed by atoms with Gasteiger partial charge in [-0.15, -0.1) is 24.0 Å². The molecule has 2 N–H and O–H groups in total. The highest BCUT2D eigenvalue weighted by Crippen LogP contribution is 2.14. The van der Waals surface area contributed by atoms with Crippen LogP contribution in [0.3, 0.4) is 0 Å². The molecule has 2 atom stereocenters. The molecule has 24 heavy (non-hydrogen) atoms. The van der Waals surface area contributed by atoms with Crippen LogP contribution in [0.15, 0.2) is 4.99 Å². The number of hydrogen-bond acceptors (Lipinski definition) is 4. The lowest BCUT2D eigenvalue weighted by atomic mass is 10.0. The molecule has 0 saturated carbocycles. The number of halogens is 1. The number of rotatable bonds is 8. The maximum Gasteiger partial charge on any atom is 0.191 e. The minimum absolute atomic E-state index is 0. The largest absolute Gasteiger partial charge is 0.357 e. The Morgan fingerprint density at radius 1 is 1.42 bits per heavy atom. The molecule has 1 saturated heterocycles. The number of nitrogens with one attached hydrogen (secondary N) is 2. The summed E-state index contributed by atoms with van der Waals surface area (Å²) < 4.78 is 22.5. The predicted octanol–water partition coefficient (Wildman–Crippen LogP) is 1.71. The third kappa shape index (κ3) is 11.5. The van der Waals surface area contributed by atoms with E-state index in [1.165, 1.54) is 32.2 Å². The second-order valence-electron chi connectivity index (χ2n) is 6.77. The van der Waals surface area contributed by atoms with E-state index in [0.717, 1.165) is 31.5 Å². The van der Waals surface area contributed by atoms with Crippen molar-refractivity contribution in [3.05, 3.63) is 0 Å². The molecule has 1 fully saturated rings. The lowest BCUT2D eigenvalue weighted by Crippen LogP contribution is -2.43. The highest BCUT2D eigenvalue weighted by Gasteiger charge is 2.15. The number of hydrogen-bond donors (Lipinski definition) is 2. The standard InChI is InChI=1S/C16H34N4O2S.HI/c1-5-17-16(19-15(3)8-12-23(4,21)22)18-9-11-20-10-6-7-14(2)13-20;/h14-15H,5-13H2,1-4H3,(H2,17,18,19);1H. The molecule has 0 aromatic rings. The maximum atomic E-state index is 11.2. The quantitative estimate of drug-likeness (QED) is 0.319. The number of sulfone groups is 1. The summed E-state index contributed by atoms with van der Waals surface area (Å²) in [5.41, 5.74) is 0. The van der Waals surface area contributed by atoms with Gasteiger partial charge < -0.3 is 15.5 Å². The summed E-state index contributed by atoms with van der Waals surface area (Å²) in [6.07, 6.45) is 4.49. The fraction of sp³-hybridized carbons (Fsp3) is 0.938. The van der Waals surface area contributed by atoms with Crippen LogP contribution < -0.4 is 10.6 Å². The zero-order chi connectivity index (χ0) is 17.3. The topological polar surface area (TPSA) is 73.8 Å². The van der Waals surface area contributed by atoms with Crippen molar-refractivity contribution in [1.82, 2.24) is 15.5 Å². The van der Waals surface area contributed by atoms with Crippen molar-refractivity contribution in [3.8, 4) is 0 Å². The Hall–Kier alpha value is -0.0900. The second-order valence-corrected chi connectivity index (χ2v) is 9.03. The number of likely N-dealkylation sites (tertiary alicyclic amines) is 1. The Labute approximate surface area is 165 Å². The van der Waals surface area contributed by atoms with Gasteiger partial charge in [0.25, 0.3) is 0 Å². The molecule has 0 bridgehead atoms. The molecule has 0 aromatic carbocycles. The molecule has 0 radical (unpaired) electrons. The van der Waals surface area contributed by atoms with Crippen molar-refractivity contribution < 1.29 is 8.42 Å². The molecule has 1 rings (SSSR count). The predicted molar refractivity (Wildman–Crippen MR) is 113 cm³/mol. The van der Waals surface area contributed by atoms with E-state index in [9.17, 15) is 8.42 Å². The van der Waals surface area contributed by atoms with E-state index >= 15 is 0 Å². The van der Waals surface area contributed by atoms with Gasteiger partial charge in [-0.3, -0.25) is 4.99 Å². The van der Waals surface area contributed by atoms with Crippen LogP contribution in [0.1, 0.15) is 40.0 Å². The van der Waals surface area contributed by atoms with E-state index < -0.39 is 9.84 Å². The van der Waals surface area contributed by atoms with Crippen LogP contribution in [0.4, 0.5) is 0 Å². The maximum absolute atomic E-state index is 11.2. The van der Waals surface area contributed by atoms with Gasteiger partial charge in [0, 0.05) is 31.9 Å². The Balaban J connectivity index is 0.00000529. The van der Waals surface area contributed by atoms with Crippen LogP contribution in [0.25, 0.3) is 0 Å². The van der Waals surface area contributed by atoms with Gasteiger partial charge >= 0.3 is 0 Å². The highest BCUT2D eigenvalue weighted by molar-refractivity contribution is 14.0. The van der Waals surface area contributed by atoms with Crippen LogP contribution >= 0.6 is 24.0 Å². The summed E-state index contributed by atoms with van der Waals surface area (Å²) in [6.45, 7) is 11.2. The molecular weight excluding hydrogens is 439 g/mol. The van der Waals surface area contributed by atoms with Crippen LogP contribution in [0, 0.1) is 5.92 Å². The van der Waals surface area contributed by atoms with Gasteiger partial charge in [-0.25, -0.2) is 8.42 Å². The third-order valence-corrected chi connectivity index (χ3v) is 5.05. The first-order valence-electron chi connectivity index (χ1n) is 8.75. The molecule has 0 aliphatic carbocycles. The molecule has 0 spiro atoms. The Bertz CT molecular complexity index is 471.